The Morgan fingerprint density at radius 1 is 1.43 bits per heavy atom. The zero-order valence-electron chi connectivity index (χ0n) is 7.82. The van der Waals surface area contributed by atoms with Crippen LogP contribution in [0.4, 0.5) is 0 Å². The molecule has 0 unspecified atom stereocenters. The highest BCUT2D eigenvalue weighted by Crippen LogP contribution is 2.21. The lowest BCUT2D eigenvalue weighted by Gasteiger charge is -1.99. The first-order chi connectivity index (χ1) is 6.79. The lowest BCUT2D eigenvalue weighted by molar-refractivity contribution is -0.139. The van der Waals surface area contributed by atoms with Crippen LogP contribution in [-0.2, 0) is 16.0 Å². The van der Waals surface area contributed by atoms with Gasteiger partial charge in [0.05, 0.1) is 13.5 Å². The first kappa shape index (κ1) is 9.21. The second-order valence-corrected chi connectivity index (χ2v) is 3.99. The molecule has 0 N–H and O–H groups in total. The van der Waals surface area contributed by atoms with Crippen molar-refractivity contribution < 1.29 is 9.53 Å². The van der Waals surface area contributed by atoms with E-state index in [0.717, 1.165) is 5.56 Å². The maximum Gasteiger partial charge on any atom is 0.309 e. The lowest BCUT2D eigenvalue weighted by Crippen LogP contribution is -2.03. The zero-order chi connectivity index (χ0) is 9.97. The van der Waals surface area contributed by atoms with Crippen LogP contribution in [0.1, 0.15) is 5.56 Å². The van der Waals surface area contributed by atoms with Crippen molar-refractivity contribution in [2.45, 2.75) is 6.42 Å². The van der Waals surface area contributed by atoms with Gasteiger partial charge >= 0.3 is 5.97 Å². The van der Waals surface area contributed by atoms with Crippen LogP contribution in [0.5, 0.6) is 0 Å². The number of rotatable bonds is 2. The number of fused-ring (bicyclic) bond motifs is 1. The smallest absolute Gasteiger partial charge is 0.309 e. The summed E-state index contributed by atoms with van der Waals surface area (Å²) in [4.78, 5) is 11.0. The number of carbonyl (C=O) groups excluding carboxylic acids is 1. The van der Waals surface area contributed by atoms with Crippen LogP contribution < -0.4 is 0 Å². The van der Waals surface area contributed by atoms with Crippen LogP contribution in [0.25, 0.3) is 10.1 Å². The van der Waals surface area contributed by atoms with E-state index >= 15 is 0 Å². The van der Waals surface area contributed by atoms with Crippen LogP contribution in [0.3, 0.4) is 0 Å². The summed E-state index contributed by atoms with van der Waals surface area (Å²) >= 11 is 1.70. The Labute approximate surface area is 86.1 Å². The predicted octanol–water partition coefficient (Wildman–Crippen LogP) is 2.62. The first-order valence-electron chi connectivity index (χ1n) is 4.32. The predicted molar refractivity (Wildman–Crippen MR) is 57.5 cm³/mol. The molecule has 1 aromatic heterocycles. The fourth-order valence-electron chi connectivity index (χ4n) is 1.36. The molecule has 14 heavy (non-hydrogen) atoms. The van der Waals surface area contributed by atoms with Gasteiger partial charge < -0.3 is 4.74 Å². The van der Waals surface area contributed by atoms with Gasteiger partial charge in [-0.2, -0.15) is 0 Å². The number of esters is 1. The minimum Gasteiger partial charge on any atom is -0.469 e. The standard InChI is InChI=1S/C11H10O2S/c1-13-11(12)7-8-2-3-10-9(6-8)4-5-14-10/h2-6H,7H2,1H3. The number of thiophene rings is 1. The van der Waals surface area contributed by atoms with E-state index in [4.69, 9.17) is 0 Å². The lowest BCUT2D eigenvalue weighted by atomic mass is 10.1. The van der Waals surface area contributed by atoms with Gasteiger partial charge in [0.1, 0.15) is 0 Å². The highest BCUT2D eigenvalue weighted by molar-refractivity contribution is 7.17. The fraction of sp³-hybridized carbons (Fsp3) is 0.182. The molecule has 0 spiro atoms. The summed E-state index contributed by atoms with van der Waals surface area (Å²) in [6.07, 6.45) is 0.349. The van der Waals surface area contributed by atoms with E-state index in [1.54, 1.807) is 11.3 Å². The number of carbonyl (C=O) groups is 1. The number of hydrogen-bond donors (Lipinski definition) is 0. The van der Waals surface area contributed by atoms with Gasteiger partial charge in [-0.25, -0.2) is 0 Å². The van der Waals surface area contributed by atoms with E-state index in [-0.39, 0.29) is 5.97 Å². The maximum absolute atomic E-state index is 11.0. The summed E-state index contributed by atoms with van der Waals surface area (Å²) in [5, 5.41) is 3.24. The van der Waals surface area contributed by atoms with Crippen molar-refractivity contribution >= 4 is 27.4 Å². The van der Waals surface area contributed by atoms with Crippen molar-refractivity contribution in [1.29, 1.82) is 0 Å². The summed E-state index contributed by atoms with van der Waals surface area (Å²) < 4.78 is 5.86. The molecule has 2 nitrogen and oxygen atoms in total. The van der Waals surface area contributed by atoms with E-state index in [0.29, 0.717) is 6.42 Å². The third-order valence-electron chi connectivity index (χ3n) is 2.09. The van der Waals surface area contributed by atoms with Crippen molar-refractivity contribution in [2.24, 2.45) is 0 Å². The molecule has 0 saturated heterocycles. The third-order valence-corrected chi connectivity index (χ3v) is 2.99. The SMILES string of the molecule is COC(=O)Cc1ccc2sccc2c1. The monoisotopic (exact) mass is 206 g/mol. The number of hydrogen-bond acceptors (Lipinski definition) is 3. The topological polar surface area (TPSA) is 26.3 Å². The molecular formula is C11H10O2S. The normalized spacial score (nSPS) is 10.4. The van der Waals surface area contributed by atoms with Crippen molar-refractivity contribution in [3.05, 3.63) is 35.2 Å². The number of methoxy groups -OCH3 is 1. The Morgan fingerprint density at radius 3 is 3.07 bits per heavy atom. The van der Waals surface area contributed by atoms with E-state index in [2.05, 4.69) is 10.8 Å². The molecule has 0 radical (unpaired) electrons. The summed E-state index contributed by atoms with van der Waals surface area (Å²) in [6.45, 7) is 0. The fourth-order valence-corrected chi connectivity index (χ4v) is 2.14. The van der Waals surface area contributed by atoms with Gasteiger partial charge in [-0.1, -0.05) is 6.07 Å². The average molecular weight is 206 g/mol. The third kappa shape index (κ3) is 1.77. The molecular weight excluding hydrogens is 196 g/mol. The van der Waals surface area contributed by atoms with E-state index in [9.17, 15) is 4.79 Å². The summed E-state index contributed by atoms with van der Waals surface area (Å²) in [5.74, 6) is -0.195. The quantitative estimate of drug-likeness (QED) is 0.706. The molecule has 2 rings (SSSR count). The molecule has 2 aromatic rings. The van der Waals surface area contributed by atoms with Crippen LogP contribution in [0, 0.1) is 0 Å². The molecule has 1 aromatic carbocycles. The first-order valence-corrected chi connectivity index (χ1v) is 5.20. The molecule has 72 valence electrons. The molecule has 0 bridgehead atoms. The Kier molecular flexibility index (Phi) is 2.50. The van der Waals surface area contributed by atoms with Crippen LogP contribution >= 0.6 is 11.3 Å². The minimum atomic E-state index is -0.195. The highest BCUT2D eigenvalue weighted by atomic mass is 32.1. The molecule has 0 amide bonds. The summed E-state index contributed by atoms with van der Waals surface area (Å²) in [6, 6.07) is 8.09. The van der Waals surface area contributed by atoms with Crippen molar-refractivity contribution in [1.82, 2.24) is 0 Å². The Hall–Kier alpha value is -1.35. The summed E-state index contributed by atoms with van der Waals surface area (Å²) in [7, 11) is 1.41. The largest absolute Gasteiger partial charge is 0.469 e. The Morgan fingerprint density at radius 2 is 2.29 bits per heavy atom. The molecule has 0 aliphatic rings. The molecule has 0 saturated carbocycles. The van der Waals surface area contributed by atoms with Crippen LogP contribution in [0.2, 0.25) is 0 Å². The van der Waals surface area contributed by atoms with Crippen molar-refractivity contribution in [3.8, 4) is 0 Å². The van der Waals surface area contributed by atoms with E-state index in [1.165, 1.54) is 17.2 Å². The number of benzene rings is 1. The molecule has 1 heterocycles. The van der Waals surface area contributed by atoms with E-state index < -0.39 is 0 Å². The second kappa shape index (κ2) is 3.80. The van der Waals surface area contributed by atoms with Crippen LogP contribution in [-0.4, -0.2) is 13.1 Å². The molecule has 3 heteroatoms. The van der Waals surface area contributed by atoms with Crippen molar-refractivity contribution in [2.75, 3.05) is 7.11 Å². The molecule has 0 aliphatic carbocycles. The van der Waals surface area contributed by atoms with Gasteiger partial charge in [-0.05, 0) is 34.5 Å². The Balaban J connectivity index is 2.30. The molecule has 0 fully saturated rings. The number of ether oxygens (including phenoxy) is 1. The maximum atomic E-state index is 11.0. The van der Waals surface area contributed by atoms with Crippen LogP contribution in [0.15, 0.2) is 29.6 Å². The zero-order valence-corrected chi connectivity index (χ0v) is 8.64. The average Bonchev–Trinajstić information content (AvgIpc) is 2.64. The van der Waals surface area contributed by atoms with Crippen molar-refractivity contribution in [3.63, 3.8) is 0 Å². The van der Waals surface area contributed by atoms with Gasteiger partial charge in [0.15, 0.2) is 0 Å². The van der Waals surface area contributed by atoms with Gasteiger partial charge in [0, 0.05) is 4.70 Å². The molecule has 0 aliphatic heterocycles. The minimum absolute atomic E-state index is 0.195. The van der Waals surface area contributed by atoms with Gasteiger partial charge in [-0.3, -0.25) is 4.79 Å². The van der Waals surface area contributed by atoms with Gasteiger partial charge in [0.2, 0.25) is 0 Å². The molecule has 0 atom stereocenters. The second-order valence-electron chi connectivity index (χ2n) is 3.05. The van der Waals surface area contributed by atoms with Gasteiger partial charge in [0.25, 0.3) is 0 Å². The Bertz CT molecular complexity index is 459. The van der Waals surface area contributed by atoms with E-state index in [1.807, 2.05) is 23.6 Å². The highest BCUT2D eigenvalue weighted by Gasteiger charge is 2.03. The summed E-state index contributed by atoms with van der Waals surface area (Å²) in [5.41, 5.74) is 1.00. The van der Waals surface area contributed by atoms with Gasteiger partial charge in [-0.15, -0.1) is 11.3 Å².